The number of hydrogen-bond acceptors (Lipinski definition) is 2. The third kappa shape index (κ3) is 6.70. The number of halogens is 4. The quantitative estimate of drug-likeness (QED) is 0.357. The Morgan fingerprint density at radius 1 is 0.816 bits per heavy atom. The summed E-state index contributed by atoms with van der Waals surface area (Å²) in [5.41, 5.74) is -0.754. The number of nitrogens with one attached hydrogen (secondary N) is 2. The highest BCUT2D eigenvalue weighted by atomic mass is 35.5. The molecule has 0 aliphatic heterocycles. The maximum absolute atomic E-state index is 13.5. The largest absolute Gasteiger partial charge is 0.416 e. The lowest BCUT2D eigenvalue weighted by atomic mass is 9.82. The summed E-state index contributed by atoms with van der Waals surface area (Å²) < 4.78 is 42.3. The highest BCUT2D eigenvalue weighted by Gasteiger charge is 2.34. The van der Waals surface area contributed by atoms with E-state index in [1.54, 1.807) is 22.8 Å². The lowest BCUT2D eigenvalue weighted by molar-refractivity contribution is -0.137. The minimum atomic E-state index is -4.56. The number of hydrogen-bond donors (Lipinski definition) is 2. The molecule has 206 valence electrons. The fourth-order valence-corrected chi connectivity index (χ4v) is 4.39. The Balaban J connectivity index is 2.21. The minimum absolute atomic E-state index is 0.128. The van der Waals surface area contributed by atoms with Crippen molar-refractivity contribution in [2.75, 3.05) is 0 Å². The predicted octanol–water partition coefficient (Wildman–Crippen LogP) is 7.09. The van der Waals surface area contributed by atoms with Crippen LogP contribution >= 0.6 is 11.6 Å². The third-order valence-corrected chi connectivity index (χ3v) is 6.39. The summed E-state index contributed by atoms with van der Waals surface area (Å²) in [7, 11) is 0. The van der Waals surface area contributed by atoms with E-state index in [-0.39, 0.29) is 28.9 Å². The van der Waals surface area contributed by atoms with Crippen molar-refractivity contribution in [3.05, 3.63) is 58.6 Å². The molecular formula is C29H35ClF3N3O2. The van der Waals surface area contributed by atoms with Gasteiger partial charge in [-0.1, -0.05) is 17.7 Å². The van der Waals surface area contributed by atoms with Crippen LogP contribution in [0, 0.1) is 0 Å². The minimum Gasteiger partial charge on any atom is -0.351 e. The zero-order valence-corrected chi connectivity index (χ0v) is 23.8. The molecule has 0 spiro atoms. The number of fused-ring (bicyclic) bond motifs is 1. The monoisotopic (exact) mass is 549 g/mol. The van der Waals surface area contributed by atoms with E-state index in [9.17, 15) is 22.8 Å². The van der Waals surface area contributed by atoms with Gasteiger partial charge in [-0.25, -0.2) is 0 Å². The summed E-state index contributed by atoms with van der Waals surface area (Å²) in [6, 6.07) is 10.3. The van der Waals surface area contributed by atoms with Crippen molar-refractivity contribution in [1.82, 2.24) is 15.2 Å². The van der Waals surface area contributed by atoms with Gasteiger partial charge in [-0.2, -0.15) is 13.2 Å². The first kappa shape index (κ1) is 29.6. The number of alkyl halides is 3. The molecule has 0 radical (unpaired) electrons. The normalized spacial score (nSPS) is 13.1. The first-order chi connectivity index (χ1) is 17.2. The Kier molecular flexibility index (Phi) is 7.74. The fourth-order valence-electron chi connectivity index (χ4n) is 4.18. The Morgan fingerprint density at radius 3 is 1.95 bits per heavy atom. The van der Waals surface area contributed by atoms with Gasteiger partial charge in [0.1, 0.15) is 6.54 Å². The molecule has 2 N–H and O–H groups in total. The van der Waals surface area contributed by atoms with Crippen LogP contribution < -0.4 is 10.6 Å². The van der Waals surface area contributed by atoms with E-state index in [1.807, 2.05) is 61.5 Å². The number of amides is 2. The SMILES string of the molecule is CC(C)(C)NC(=O)Cn1c(-c2cc(C(F)(F)F)ccc2Cl)cc2cc(C(C)(C)C(=O)NC(C)(C)C)ccc21. The maximum atomic E-state index is 13.5. The van der Waals surface area contributed by atoms with Crippen molar-refractivity contribution in [3.63, 3.8) is 0 Å². The summed E-state index contributed by atoms with van der Waals surface area (Å²) in [5, 5.41) is 6.70. The highest BCUT2D eigenvalue weighted by molar-refractivity contribution is 6.33. The molecule has 0 aliphatic rings. The second-order valence-electron chi connectivity index (χ2n) is 12.2. The number of aromatic nitrogens is 1. The second-order valence-corrected chi connectivity index (χ2v) is 12.6. The second kappa shape index (κ2) is 9.95. The average molecular weight is 550 g/mol. The molecule has 38 heavy (non-hydrogen) atoms. The van der Waals surface area contributed by atoms with Gasteiger partial charge in [-0.05, 0) is 97.4 Å². The number of nitrogens with zero attached hydrogens (tertiary/aromatic N) is 1. The van der Waals surface area contributed by atoms with Crippen LogP contribution in [0.4, 0.5) is 13.2 Å². The molecule has 2 aromatic carbocycles. The molecule has 0 saturated heterocycles. The molecule has 2 amide bonds. The summed E-state index contributed by atoms with van der Waals surface area (Å²) in [6.07, 6.45) is -4.56. The third-order valence-electron chi connectivity index (χ3n) is 6.06. The number of benzene rings is 2. The smallest absolute Gasteiger partial charge is 0.351 e. The Morgan fingerprint density at radius 2 is 1.39 bits per heavy atom. The van der Waals surface area contributed by atoms with Crippen molar-refractivity contribution in [2.24, 2.45) is 0 Å². The van der Waals surface area contributed by atoms with E-state index in [0.717, 1.165) is 17.7 Å². The van der Waals surface area contributed by atoms with Crippen LogP contribution in [0.5, 0.6) is 0 Å². The van der Waals surface area contributed by atoms with Gasteiger partial charge in [0, 0.05) is 32.6 Å². The van der Waals surface area contributed by atoms with Gasteiger partial charge in [-0.15, -0.1) is 0 Å². The maximum Gasteiger partial charge on any atom is 0.416 e. The van der Waals surface area contributed by atoms with Crippen LogP contribution in [0.15, 0.2) is 42.5 Å². The summed E-state index contributed by atoms with van der Waals surface area (Å²) in [6.45, 7) is 14.7. The van der Waals surface area contributed by atoms with Crippen LogP contribution in [0.25, 0.3) is 22.2 Å². The van der Waals surface area contributed by atoms with Gasteiger partial charge in [0.2, 0.25) is 11.8 Å². The van der Waals surface area contributed by atoms with Crippen molar-refractivity contribution >= 4 is 34.3 Å². The molecular weight excluding hydrogens is 515 g/mol. The summed E-state index contributed by atoms with van der Waals surface area (Å²) >= 11 is 6.40. The van der Waals surface area contributed by atoms with Crippen molar-refractivity contribution < 1.29 is 22.8 Å². The van der Waals surface area contributed by atoms with Crippen molar-refractivity contribution in [3.8, 4) is 11.3 Å². The van der Waals surface area contributed by atoms with Gasteiger partial charge < -0.3 is 15.2 Å². The molecule has 3 rings (SSSR count). The molecule has 1 heterocycles. The average Bonchev–Trinajstić information content (AvgIpc) is 3.07. The van der Waals surface area contributed by atoms with Crippen molar-refractivity contribution in [1.29, 1.82) is 0 Å². The Labute approximate surface area is 226 Å². The zero-order chi connectivity index (χ0) is 28.8. The molecule has 3 aromatic rings. The zero-order valence-electron chi connectivity index (χ0n) is 23.0. The molecule has 0 saturated carbocycles. The van der Waals surface area contributed by atoms with E-state index in [0.29, 0.717) is 16.6 Å². The molecule has 0 bridgehead atoms. The van der Waals surface area contributed by atoms with Crippen LogP contribution in [-0.2, 0) is 27.7 Å². The van der Waals surface area contributed by atoms with Crippen LogP contribution in [0.3, 0.4) is 0 Å². The van der Waals surface area contributed by atoms with E-state index in [1.165, 1.54) is 6.07 Å². The Bertz CT molecular complexity index is 1380. The molecule has 9 heteroatoms. The summed E-state index contributed by atoms with van der Waals surface area (Å²) in [4.78, 5) is 26.0. The van der Waals surface area contributed by atoms with E-state index < -0.39 is 28.2 Å². The van der Waals surface area contributed by atoms with Gasteiger partial charge in [0.15, 0.2) is 0 Å². The Hall–Kier alpha value is -3.00. The van der Waals surface area contributed by atoms with E-state index >= 15 is 0 Å². The predicted molar refractivity (Wildman–Crippen MR) is 146 cm³/mol. The van der Waals surface area contributed by atoms with Gasteiger partial charge in [-0.3, -0.25) is 9.59 Å². The topological polar surface area (TPSA) is 63.1 Å². The standard InChI is InChI=1S/C29H35ClF3N3O2/c1-26(2,3)34-24(37)16-36-22-12-10-18(28(7,8)25(38)35-27(4,5)6)13-17(22)14-23(36)20-15-19(29(31,32)33)9-11-21(20)30/h9-15H,16H2,1-8H3,(H,34,37)(H,35,38). The molecule has 5 nitrogen and oxygen atoms in total. The van der Waals surface area contributed by atoms with Crippen LogP contribution in [0.1, 0.15) is 66.5 Å². The van der Waals surface area contributed by atoms with Gasteiger partial charge in [0.05, 0.1) is 16.7 Å². The van der Waals surface area contributed by atoms with Crippen LogP contribution in [-0.4, -0.2) is 27.5 Å². The molecule has 1 aromatic heterocycles. The first-order valence-corrected chi connectivity index (χ1v) is 12.7. The molecule has 0 atom stereocenters. The molecule has 0 fully saturated rings. The van der Waals surface area contributed by atoms with Gasteiger partial charge in [0.25, 0.3) is 0 Å². The molecule has 0 unspecified atom stereocenters. The number of carbonyl (C=O) groups excluding carboxylic acids is 2. The summed E-state index contributed by atoms with van der Waals surface area (Å²) in [5.74, 6) is -0.456. The number of rotatable bonds is 5. The molecule has 0 aliphatic carbocycles. The van der Waals surface area contributed by atoms with Crippen LogP contribution in [0.2, 0.25) is 5.02 Å². The van der Waals surface area contributed by atoms with E-state index in [4.69, 9.17) is 11.6 Å². The lowest BCUT2D eigenvalue weighted by Crippen LogP contribution is -2.48. The first-order valence-electron chi connectivity index (χ1n) is 12.3. The lowest BCUT2D eigenvalue weighted by Gasteiger charge is -2.30. The van der Waals surface area contributed by atoms with E-state index in [2.05, 4.69) is 10.6 Å². The fraction of sp³-hybridized carbons (Fsp3) is 0.448. The highest BCUT2D eigenvalue weighted by Crippen LogP contribution is 2.39. The van der Waals surface area contributed by atoms with Crippen molar-refractivity contribution in [2.45, 2.75) is 84.6 Å². The van der Waals surface area contributed by atoms with Gasteiger partial charge >= 0.3 is 6.18 Å². The number of carbonyl (C=O) groups is 2.